The molecule has 1 aliphatic rings. The Hall–Kier alpha value is -1.51. The highest BCUT2D eigenvalue weighted by molar-refractivity contribution is 6.21. The monoisotopic (exact) mass is 329 g/mol. The molecule has 0 aromatic heterocycles. The number of ether oxygens (including phenoxy) is 1. The highest BCUT2D eigenvalue weighted by Crippen LogP contribution is 2.31. The van der Waals surface area contributed by atoms with Gasteiger partial charge in [-0.1, -0.05) is 48.5 Å². The van der Waals surface area contributed by atoms with Crippen LogP contribution in [0.3, 0.4) is 0 Å². The first kappa shape index (κ1) is 16.4. The lowest BCUT2D eigenvalue weighted by Crippen LogP contribution is -2.39. The van der Waals surface area contributed by atoms with Gasteiger partial charge in [-0.05, 0) is 38.0 Å². The molecule has 2 nitrogen and oxygen atoms in total. The molecule has 2 aromatic rings. The summed E-state index contributed by atoms with van der Waals surface area (Å²) in [4.78, 5) is 2.47. The van der Waals surface area contributed by atoms with Crippen molar-refractivity contribution in [2.24, 2.45) is 0 Å². The third-order valence-electron chi connectivity index (χ3n) is 4.52. The van der Waals surface area contributed by atoms with Crippen LogP contribution in [-0.4, -0.2) is 35.0 Å². The van der Waals surface area contributed by atoms with Crippen LogP contribution in [-0.2, 0) is 6.42 Å². The molecule has 0 bridgehead atoms. The van der Waals surface area contributed by atoms with Crippen molar-refractivity contribution >= 4 is 11.6 Å². The first-order valence-corrected chi connectivity index (χ1v) is 8.74. The molecular formula is C20H24ClNO. The van der Waals surface area contributed by atoms with Gasteiger partial charge in [-0.25, -0.2) is 0 Å². The molecule has 3 atom stereocenters. The Bertz CT molecular complexity index is 602. The molecule has 2 aromatic carbocycles. The molecule has 23 heavy (non-hydrogen) atoms. The zero-order chi connectivity index (χ0) is 16.2. The quantitative estimate of drug-likeness (QED) is 0.755. The highest BCUT2D eigenvalue weighted by Gasteiger charge is 2.42. The van der Waals surface area contributed by atoms with Crippen molar-refractivity contribution in [3.05, 3.63) is 66.2 Å². The zero-order valence-corrected chi connectivity index (χ0v) is 14.5. The Balaban J connectivity index is 1.75. The molecule has 0 N–H and O–H groups in total. The summed E-state index contributed by atoms with van der Waals surface area (Å²) in [5.74, 6) is 0.896. The molecule has 0 radical (unpaired) electrons. The van der Waals surface area contributed by atoms with Gasteiger partial charge in [-0.15, -0.1) is 11.6 Å². The minimum atomic E-state index is -0.0159. The van der Waals surface area contributed by atoms with Crippen LogP contribution in [0.4, 0.5) is 0 Å². The smallest absolute Gasteiger partial charge is 0.129 e. The van der Waals surface area contributed by atoms with Gasteiger partial charge in [0, 0.05) is 18.6 Å². The lowest BCUT2D eigenvalue weighted by Gasteiger charge is -2.29. The fraction of sp³-hybridized carbons (Fsp3) is 0.400. The normalized spacial score (nSPS) is 25.0. The largest absolute Gasteiger partial charge is 0.487 e. The number of hydrogen-bond acceptors (Lipinski definition) is 2. The van der Waals surface area contributed by atoms with Crippen LogP contribution >= 0.6 is 11.6 Å². The first-order valence-electron chi connectivity index (χ1n) is 8.30. The van der Waals surface area contributed by atoms with Crippen molar-refractivity contribution in [3.63, 3.8) is 0 Å². The molecule has 1 aliphatic heterocycles. The third-order valence-corrected chi connectivity index (χ3v) is 5.09. The van der Waals surface area contributed by atoms with Gasteiger partial charge in [0.15, 0.2) is 0 Å². The van der Waals surface area contributed by atoms with Crippen molar-refractivity contribution < 1.29 is 4.74 Å². The first-order chi connectivity index (χ1) is 11.1. The Kier molecular flexibility index (Phi) is 5.24. The molecule has 3 rings (SSSR count). The molecule has 0 aliphatic carbocycles. The maximum Gasteiger partial charge on any atom is 0.129 e. The summed E-state index contributed by atoms with van der Waals surface area (Å²) < 4.78 is 6.16. The van der Waals surface area contributed by atoms with E-state index in [1.807, 2.05) is 30.3 Å². The van der Waals surface area contributed by atoms with E-state index in [1.165, 1.54) is 5.56 Å². The topological polar surface area (TPSA) is 12.5 Å². The van der Waals surface area contributed by atoms with E-state index in [4.69, 9.17) is 16.3 Å². The van der Waals surface area contributed by atoms with Crippen LogP contribution in [0.2, 0.25) is 0 Å². The number of para-hydroxylation sites is 1. The second kappa shape index (κ2) is 7.37. The van der Waals surface area contributed by atoms with Gasteiger partial charge in [0.1, 0.15) is 11.9 Å². The summed E-state index contributed by atoms with van der Waals surface area (Å²) in [5, 5.41) is -0.0159. The molecule has 0 spiro atoms. The molecule has 3 heteroatoms. The van der Waals surface area contributed by atoms with Crippen LogP contribution < -0.4 is 4.74 Å². The van der Waals surface area contributed by atoms with Crippen LogP contribution in [0.15, 0.2) is 60.7 Å². The van der Waals surface area contributed by atoms with Gasteiger partial charge in [-0.3, -0.25) is 4.90 Å². The van der Waals surface area contributed by atoms with E-state index in [0.29, 0.717) is 12.1 Å². The summed E-state index contributed by atoms with van der Waals surface area (Å²) in [5.41, 5.74) is 1.33. The average Bonchev–Trinajstić information content (AvgIpc) is 2.86. The predicted molar refractivity (Wildman–Crippen MR) is 96.3 cm³/mol. The molecule has 1 fully saturated rings. The second-order valence-electron chi connectivity index (χ2n) is 6.46. The van der Waals surface area contributed by atoms with Crippen LogP contribution in [0, 0.1) is 0 Å². The van der Waals surface area contributed by atoms with E-state index < -0.39 is 0 Å². The summed E-state index contributed by atoms with van der Waals surface area (Å²) in [6.45, 7) is 5.33. The Morgan fingerprint density at radius 1 is 1.04 bits per heavy atom. The number of alkyl halides is 1. The fourth-order valence-electron chi connectivity index (χ4n) is 3.33. The van der Waals surface area contributed by atoms with Crippen molar-refractivity contribution in [3.8, 4) is 5.75 Å². The van der Waals surface area contributed by atoms with E-state index in [2.05, 4.69) is 49.1 Å². The maximum absolute atomic E-state index is 6.82. The molecular weight excluding hydrogens is 306 g/mol. The lowest BCUT2D eigenvalue weighted by molar-refractivity contribution is 0.173. The summed E-state index contributed by atoms with van der Waals surface area (Å²) in [7, 11) is 0. The van der Waals surface area contributed by atoms with Gasteiger partial charge in [-0.2, -0.15) is 0 Å². The van der Waals surface area contributed by atoms with Crippen molar-refractivity contribution in [2.45, 2.75) is 43.8 Å². The Morgan fingerprint density at radius 3 is 2.26 bits per heavy atom. The zero-order valence-electron chi connectivity index (χ0n) is 13.7. The van der Waals surface area contributed by atoms with E-state index in [1.54, 1.807) is 0 Å². The molecule has 0 saturated carbocycles. The van der Waals surface area contributed by atoms with Crippen LogP contribution in [0.25, 0.3) is 0 Å². The number of rotatable bonds is 5. The molecule has 1 saturated heterocycles. The van der Waals surface area contributed by atoms with Crippen LogP contribution in [0.5, 0.6) is 5.75 Å². The number of halogens is 1. The van der Waals surface area contributed by atoms with Gasteiger partial charge < -0.3 is 4.74 Å². The Labute approximate surface area is 144 Å². The summed E-state index contributed by atoms with van der Waals surface area (Å²) >= 11 is 6.82. The molecule has 0 unspecified atom stereocenters. The van der Waals surface area contributed by atoms with Gasteiger partial charge >= 0.3 is 0 Å². The van der Waals surface area contributed by atoms with Gasteiger partial charge in [0.25, 0.3) is 0 Å². The molecule has 0 amide bonds. The SMILES string of the molecule is CC(C)N1C[C@@H](Oc2ccccc2)[C@@H](Cl)[C@H]1Cc1ccccc1. The second-order valence-corrected chi connectivity index (χ2v) is 6.97. The van der Waals surface area contributed by atoms with E-state index >= 15 is 0 Å². The van der Waals surface area contributed by atoms with Crippen molar-refractivity contribution in [1.29, 1.82) is 0 Å². The molecule has 122 valence electrons. The van der Waals surface area contributed by atoms with Gasteiger partial charge in [0.2, 0.25) is 0 Å². The Morgan fingerprint density at radius 2 is 1.65 bits per heavy atom. The van der Waals surface area contributed by atoms with E-state index in [9.17, 15) is 0 Å². The number of nitrogens with zero attached hydrogens (tertiary/aromatic N) is 1. The van der Waals surface area contributed by atoms with Gasteiger partial charge in [0.05, 0.1) is 5.38 Å². The summed E-state index contributed by atoms with van der Waals surface area (Å²) in [6.07, 6.45) is 0.983. The van der Waals surface area contributed by atoms with Crippen molar-refractivity contribution in [2.75, 3.05) is 6.54 Å². The van der Waals surface area contributed by atoms with E-state index in [0.717, 1.165) is 18.7 Å². The summed E-state index contributed by atoms with van der Waals surface area (Å²) in [6, 6.07) is 21.3. The third kappa shape index (κ3) is 3.88. The standard InChI is InChI=1S/C20H24ClNO/c1-15(2)22-14-19(23-17-11-7-4-8-12-17)20(21)18(22)13-16-9-5-3-6-10-16/h3-12,15,18-20H,13-14H2,1-2H3/t18-,19-,20+/m1/s1. The van der Waals surface area contributed by atoms with Crippen molar-refractivity contribution in [1.82, 2.24) is 4.90 Å². The number of likely N-dealkylation sites (tertiary alicyclic amines) is 1. The minimum absolute atomic E-state index is 0.0159. The predicted octanol–water partition coefficient (Wildman–Crippen LogP) is 4.38. The molecule has 1 heterocycles. The average molecular weight is 330 g/mol. The maximum atomic E-state index is 6.82. The van der Waals surface area contributed by atoms with E-state index in [-0.39, 0.29) is 11.5 Å². The lowest BCUT2D eigenvalue weighted by atomic mass is 10.0. The number of benzene rings is 2. The van der Waals surface area contributed by atoms with Crippen LogP contribution in [0.1, 0.15) is 19.4 Å². The minimum Gasteiger partial charge on any atom is -0.487 e. The fourth-order valence-corrected chi connectivity index (χ4v) is 3.69. The number of hydrogen-bond donors (Lipinski definition) is 0. The highest BCUT2D eigenvalue weighted by atomic mass is 35.5.